The molecule has 5 aliphatic rings. The van der Waals surface area contributed by atoms with E-state index in [1.165, 1.54) is 37.1 Å². The van der Waals surface area contributed by atoms with Crippen LogP contribution in [0.15, 0.2) is 0 Å². The standard InChI is InChI=1S/C19H26N4OS/c1-12-7-14(12)16(24)22-8-18-5-2-6-19(18,9-22)11-23(10-18)17-21-20-15(25-17)13-3-4-13/h12-14H,2-11H2,1H3. The van der Waals surface area contributed by atoms with Gasteiger partial charge in [0.1, 0.15) is 5.01 Å². The summed E-state index contributed by atoms with van der Waals surface area (Å²) in [5.41, 5.74) is 0.623. The van der Waals surface area contributed by atoms with Crippen LogP contribution in [0.4, 0.5) is 5.13 Å². The molecule has 0 radical (unpaired) electrons. The topological polar surface area (TPSA) is 49.3 Å². The van der Waals surface area contributed by atoms with E-state index < -0.39 is 0 Å². The van der Waals surface area contributed by atoms with Crippen LogP contribution in [-0.4, -0.2) is 47.2 Å². The molecule has 4 unspecified atom stereocenters. The maximum atomic E-state index is 12.8. The fraction of sp³-hybridized carbons (Fsp3) is 0.842. The van der Waals surface area contributed by atoms with E-state index in [1.807, 2.05) is 11.3 Å². The number of carbonyl (C=O) groups is 1. The van der Waals surface area contributed by atoms with Crippen molar-refractivity contribution in [2.45, 2.75) is 51.4 Å². The van der Waals surface area contributed by atoms with Gasteiger partial charge in [-0.05, 0) is 38.0 Å². The molecule has 3 heterocycles. The highest BCUT2D eigenvalue weighted by molar-refractivity contribution is 7.15. The molecular formula is C19H26N4OS. The minimum Gasteiger partial charge on any atom is -0.345 e. The first-order valence-corrected chi connectivity index (χ1v) is 10.8. The van der Waals surface area contributed by atoms with E-state index >= 15 is 0 Å². The van der Waals surface area contributed by atoms with Gasteiger partial charge in [0.25, 0.3) is 0 Å². The van der Waals surface area contributed by atoms with Crippen molar-refractivity contribution in [1.82, 2.24) is 15.1 Å². The Morgan fingerprint density at radius 2 is 1.80 bits per heavy atom. The largest absolute Gasteiger partial charge is 0.345 e. The smallest absolute Gasteiger partial charge is 0.226 e. The Kier molecular flexibility index (Phi) is 2.84. The van der Waals surface area contributed by atoms with Crippen molar-refractivity contribution in [3.05, 3.63) is 5.01 Å². The van der Waals surface area contributed by atoms with Gasteiger partial charge in [-0.15, -0.1) is 10.2 Å². The van der Waals surface area contributed by atoms with Crippen molar-refractivity contribution in [3.8, 4) is 0 Å². The molecule has 6 rings (SSSR count). The van der Waals surface area contributed by atoms with Crippen molar-refractivity contribution in [2.75, 3.05) is 31.1 Å². The summed E-state index contributed by atoms with van der Waals surface area (Å²) in [5.74, 6) is 2.08. The van der Waals surface area contributed by atoms with Crippen molar-refractivity contribution < 1.29 is 4.79 Å². The zero-order valence-corrected chi connectivity index (χ0v) is 15.7. The second-order valence-electron chi connectivity index (χ2n) is 9.48. The molecule has 0 spiro atoms. The molecule has 2 saturated heterocycles. The van der Waals surface area contributed by atoms with E-state index in [2.05, 4.69) is 26.9 Å². The summed E-state index contributed by atoms with van der Waals surface area (Å²) in [4.78, 5) is 17.5. The van der Waals surface area contributed by atoms with Gasteiger partial charge < -0.3 is 9.80 Å². The molecule has 1 amide bonds. The van der Waals surface area contributed by atoms with E-state index in [9.17, 15) is 4.79 Å². The zero-order chi connectivity index (χ0) is 16.8. The van der Waals surface area contributed by atoms with Crippen molar-refractivity contribution in [2.24, 2.45) is 22.7 Å². The molecule has 0 N–H and O–H groups in total. The molecule has 0 bridgehead atoms. The van der Waals surface area contributed by atoms with Gasteiger partial charge in [0.15, 0.2) is 0 Å². The highest BCUT2D eigenvalue weighted by Crippen LogP contribution is 2.63. The minimum atomic E-state index is 0.312. The average Bonchev–Trinajstić information content (AvgIpc) is 3.36. The maximum absolute atomic E-state index is 12.8. The van der Waals surface area contributed by atoms with Crippen LogP contribution >= 0.6 is 11.3 Å². The summed E-state index contributed by atoms with van der Waals surface area (Å²) >= 11 is 1.82. The fourth-order valence-electron chi connectivity index (χ4n) is 6.00. The summed E-state index contributed by atoms with van der Waals surface area (Å²) in [7, 11) is 0. The van der Waals surface area contributed by atoms with Crippen LogP contribution in [0.1, 0.15) is 56.4 Å². The Hall–Kier alpha value is -1.17. The highest BCUT2D eigenvalue weighted by Gasteiger charge is 2.66. The van der Waals surface area contributed by atoms with Gasteiger partial charge in [-0.3, -0.25) is 4.79 Å². The minimum absolute atomic E-state index is 0.312. The molecule has 134 valence electrons. The summed E-state index contributed by atoms with van der Waals surface area (Å²) in [5, 5.41) is 11.3. The lowest BCUT2D eigenvalue weighted by Crippen LogP contribution is -2.38. The molecule has 0 aromatic carbocycles. The van der Waals surface area contributed by atoms with E-state index in [0.717, 1.165) is 37.7 Å². The number of aromatic nitrogens is 2. The second kappa shape index (κ2) is 4.76. The normalized spacial score (nSPS) is 42.0. The Morgan fingerprint density at radius 3 is 2.40 bits per heavy atom. The average molecular weight is 359 g/mol. The number of hydrogen-bond donors (Lipinski definition) is 0. The molecule has 6 heteroatoms. The Bertz CT molecular complexity index is 724. The molecule has 5 nitrogen and oxygen atoms in total. The van der Waals surface area contributed by atoms with Crippen LogP contribution in [0.2, 0.25) is 0 Å². The van der Waals surface area contributed by atoms with Gasteiger partial charge >= 0.3 is 0 Å². The van der Waals surface area contributed by atoms with Crippen molar-refractivity contribution in [3.63, 3.8) is 0 Å². The van der Waals surface area contributed by atoms with E-state index in [1.54, 1.807) is 0 Å². The number of amides is 1. The fourth-order valence-corrected chi connectivity index (χ4v) is 7.01. The van der Waals surface area contributed by atoms with Crippen molar-refractivity contribution in [1.29, 1.82) is 0 Å². The SMILES string of the molecule is CC1CC1C(=O)N1CC23CCCC2(C1)CN(c1nnc(C2CC2)s1)C3. The third kappa shape index (κ3) is 2.03. The van der Waals surface area contributed by atoms with Gasteiger partial charge in [0.05, 0.1) is 0 Å². The van der Waals surface area contributed by atoms with Gasteiger partial charge in [-0.1, -0.05) is 24.7 Å². The lowest BCUT2D eigenvalue weighted by atomic mass is 9.71. The van der Waals surface area contributed by atoms with Crippen LogP contribution < -0.4 is 4.90 Å². The molecule has 5 fully saturated rings. The lowest BCUT2D eigenvalue weighted by Gasteiger charge is -2.29. The molecule has 25 heavy (non-hydrogen) atoms. The van der Waals surface area contributed by atoms with Crippen LogP contribution in [0, 0.1) is 22.7 Å². The number of carbonyl (C=O) groups excluding carboxylic acids is 1. The molecule has 1 aromatic rings. The van der Waals surface area contributed by atoms with Crippen LogP contribution in [0.25, 0.3) is 0 Å². The molecule has 3 saturated carbocycles. The molecule has 4 atom stereocenters. The Morgan fingerprint density at radius 1 is 1.12 bits per heavy atom. The summed E-state index contributed by atoms with van der Waals surface area (Å²) < 4.78 is 0. The quantitative estimate of drug-likeness (QED) is 0.834. The van der Waals surface area contributed by atoms with E-state index in [4.69, 9.17) is 0 Å². The predicted molar refractivity (Wildman–Crippen MR) is 96.7 cm³/mol. The number of likely N-dealkylation sites (tertiary alicyclic amines) is 1. The van der Waals surface area contributed by atoms with Gasteiger partial charge in [-0.25, -0.2) is 0 Å². The van der Waals surface area contributed by atoms with E-state index in [-0.39, 0.29) is 0 Å². The first-order valence-electron chi connectivity index (χ1n) is 9.96. The molecule has 3 aliphatic carbocycles. The third-order valence-corrected chi connectivity index (χ3v) is 8.92. The number of rotatable bonds is 3. The monoisotopic (exact) mass is 358 g/mol. The summed E-state index contributed by atoms with van der Waals surface area (Å²) in [6.07, 6.45) is 7.58. The first kappa shape index (κ1) is 14.9. The van der Waals surface area contributed by atoms with Crippen LogP contribution in [-0.2, 0) is 4.79 Å². The predicted octanol–water partition coefficient (Wildman–Crippen LogP) is 2.89. The number of hydrogen-bond acceptors (Lipinski definition) is 5. The maximum Gasteiger partial charge on any atom is 0.226 e. The Balaban J connectivity index is 1.25. The number of nitrogens with zero attached hydrogens (tertiary/aromatic N) is 4. The molecule has 2 aliphatic heterocycles. The zero-order valence-electron chi connectivity index (χ0n) is 14.9. The first-order chi connectivity index (χ1) is 12.1. The summed E-state index contributed by atoms with van der Waals surface area (Å²) in [6.45, 7) is 6.35. The van der Waals surface area contributed by atoms with Gasteiger partial charge in [0.2, 0.25) is 11.0 Å². The molecular weight excluding hydrogens is 332 g/mol. The van der Waals surface area contributed by atoms with E-state index in [0.29, 0.717) is 34.5 Å². The van der Waals surface area contributed by atoms with Gasteiger partial charge in [-0.2, -0.15) is 0 Å². The lowest BCUT2D eigenvalue weighted by molar-refractivity contribution is -0.132. The van der Waals surface area contributed by atoms with Crippen LogP contribution in [0.3, 0.4) is 0 Å². The third-order valence-electron chi connectivity index (χ3n) is 7.78. The molecule has 1 aromatic heterocycles. The Labute approximate surface area is 152 Å². The highest BCUT2D eigenvalue weighted by atomic mass is 32.1. The number of anilines is 1. The van der Waals surface area contributed by atoms with Gasteiger partial charge in [0, 0.05) is 48.8 Å². The van der Waals surface area contributed by atoms with Crippen molar-refractivity contribution >= 4 is 22.4 Å². The summed E-state index contributed by atoms with van der Waals surface area (Å²) in [6, 6.07) is 0. The van der Waals surface area contributed by atoms with Crippen LogP contribution in [0.5, 0.6) is 0 Å². The second-order valence-corrected chi connectivity index (χ2v) is 10.5.